The van der Waals surface area contributed by atoms with Gasteiger partial charge in [0, 0.05) is 11.5 Å². The van der Waals surface area contributed by atoms with Gasteiger partial charge < -0.3 is 4.74 Å². The number of hydrogen-bond donors (Lipinski definition) is 1. The van der Waals surface area contributed by atoms with Gasteiger partial charge >= 0.3 is 5.97 Å². The summed E-state index contributed by atoms with van der Waals surface area (Å²) >= 11 is 0. The van der Waals surface area contributed by atoms with Gasteiger partial charge in [0.15, 0.2) is 5.71 Å². The minimum absolute atomic E-state index is 0.0687. The third kappa shape index (κ3) is 6.37. The van der Waals surface area contributed by atoms with Gasteiger partial charge in [-0.1, -0.05) is 96.9 Å². The standard InChI is InChI=1S/C32H32N2O4S/c1-23-18-20-28(21-19-23)39(36,37)34-33-31(25-11-3-2-4-12-25)32(35)38-30-17-8-6-13-27(30)22-26-15-9-14-24-10-5-7-16-29(24)26/h2-5,7,9-12,14-16,18-21,27,30,34H,6,8,13,17,22H2,1H3/b33-31+/t27-,30+/m1/s1. The maximum absolute atomic E-state index is 13.5. The molecule has 4 aromatic rings. The first-order valence-electron chi connectivity index (χ1n) is 13.3. The van der Waals surface area contributed by atoms with Crippen LogP contribution in [0.5, 0.6) is 0 Å². The molecule has 0 saturated heterocycles. The highest BCUT2D eigenvalue weighted by molar-refractivity contribution is 7.89. The van der Waals surface area contributed by atoms with E-state index in [1.165, 1.54) is 28.5 Å². The molecule has 1 aliphatic rings. The second kappa shape index (κ2) is 11.8. The van der Waals surface area contributed by atoms with Crippen LogP contribution in [-0.4, -0.2) is 26.2 Å². The summed E-state index contributed by atoms with van der Waals surface area (Å²) in [7, 11) is -3.96. The predicted octanol–water partition coefficient (Wildman–Crippen LogP) is 6.18. The molecule has 0 amide bonds. The Morgan fingerprint density at radius 1 is 0.872 bits per heavy atom. The van der Waals surface area contributed by atoms with E-state index in [4.69, 9.17) is 4.74 Å². The first-order valence-corrected chi connectivity index (χ1v) is 14.8. The van der Waals surface area contributed by atoms with Crippen LogP contribution in [0.4, 0.5) is 0 Å². The van der Waals surface area contributed by atoms with Gasteiger partial charge in [-0.15, -0.1) is 0 Å². The van der Waals surface area contributed by atoms with E-state index < -0.39 is 16.0 Å². The van der Waals surface area contributed by atoms with E-state index in [2.05, 4.69) is 40.3 Å². The molecule has 0 radical (unpaired) electrons. The van der Waals surface area contributed by atoms with Crippen molar-refractivity contribution in [2.24, 2.45) is 11.0 Å². The SMILES string of the molecule is Cc1ccc(S(=O)(=O)N/N=C(/C(=O)O[C@H]2CCCC[C@@H]2Cc2cccc3ccccc23)c2ccccc2)cc1. The lowest BCUT2D eigenvalue weighted by molar-refractivity contribution is -0.145. The van der Waals surface area contributed by atoms with Crippen molar-refractivity contribution < 1.29 is 17.9 Å². The maximum atomic E-state index is 13.5. The number of benzene rings is 4. The van der Waals surface area contributed by atoms with Crippen molar-refractivity contribution in [3.05, 3.63) is 114 Å². The number of ether oxygens (including phenoxy) is 1. The second-order valence-electron chi connectivity index (χ2n) is 10.1. The molecule has 0 bridgehead atoms. The molecular formula is C32H32N2O4S. The fourth-order valence-electron chi connectivity index (χ4n) is 5.21. The lowest BCUT2D eigenvalue weighted by Gasteiger charge is -2.31. The number of esters is 1. The third-order valence-corrected chi connectivity index (χ3v) is 8.53. The maximum Gasteiger partial charge on any atom is 0.359 e. The van der Waals surface area contributed by atoms with Crippen LogP contribution < -0.4 is 4.83 Å². The Bertz CT molecular complexity index is 1580. The van der Waals surface area contributed by atoms with Crippen LogP contribution >= 0.6 is 0 Å². The molecule has 6 nitrogen and oxygen atoms in total. The third-order valence-electron chi connectivity index (χ3n) is 7.31. The second-order valence-corrected chi connectivity index (χ2v) is 11.7. The highest BCUT2D eigenvalue weighted by Gasteiger charge is 2.31. The number of rotatable bonds is 8. The van der Waals surface area contributed by atoms with Crippen LogP contribution in [0.15, 0.2) is 107 Å². The van der Waals surface area contributed by atoms with Crippen LogP contribution in [0.2, 0.25) is 0 Å². The fourth-order valence-corrected chi connectivity index (χ4v) is 6.02. The molecule has 0 spiro atoms. The van der Waals surface area contributed by atoms with E-state index >= 15 is 0 Å². The van der Waals surface area contributed by atoms with E-state index in [-0.39, 0.29) is 22.6 Å². The molecule has 0 aliphatic heterocycles. The Morgan fingerprint density at radius 3 is 2.36 bits per heavy atom. The van der Waals surface area contributed by atoms with Gasteiger partial charge in [0.05, 0.1) is 4.90 Å². The smallest absolute Gasteiger partial charge is 0.359 e. The molecule has 200 valence electrons. The zero-order valence-corrected chi connectivity index (χ0v) is 22.7. The topological polar surface area (TPSA) is 84.8 Å². The van der Waals surface area contributed by atoms with Gasteiger partial charge in [0.1, 0.15) is 6.10 Å². The van der Waals surface area contributed by atoms with Crippen molar-refractivity contribution in [2.45, 2.75) is 50.0 Å². The largest absolute Gasteiger partial charge is 0.457 e. The summed E-state index contributed by atoms with van der Waals surface area (Å²) in [5.74, 6) is -0.475. The van der Waals surface area contributed by atoms with Crippen LogP contribution in [0.1, 0.15) is 42.4 Å². The first kappa shape index (κ1) is 26.6. The van der Waals surface area contributed by atoms with E-state index in [1.807, 2.05) is 25.1 Å². The van der Waals surface area contributed by atoms with Gasteiger partial charge in [0.25, 0.3) is 10.0 Å². The van der Waals surface area contributed by atoms with Crippen molar-refractivity contribution in [2.75, 3.05) is 0 Å². The number of aryl methyl sites for hydroxylation is 1. The summed E-state index contributed by atoms with van der Waals surface area (Å²) in [6.45, 7) is 1.88. The van der Waals surface area contributed by atoms with Gasteiger partial charge in [-0.25, -0.2) is 4.79 Å². The van der Waals surface area contributed by atoms with E-state index in [0.717, 1.165) is 37.7 Å². The molecule has 7 heteroatoms. The highest BCUT2D eigenvalue weighted by atomic mass is 32.2. The van der Waals surface area contributed by atoms with Crippen molar-refractivity contribution in [3.8, 4) is 0 Å². The normalized spacial score (nSPS) is 18.0. The molecule has 5 rings (SSSR count). The van der Waals surface area contributed by atoms with Gasteiger partial charge in [-0.3, -0.25) is 0 Å². The zero-order chi connectivity index (χ0) is 27.2. The number of nitrogens with one attached hydrogen (secondary N) is 1. The molecule has 39 heavy (non-hydrogen) atoms. The summed E-state index contributed by atoms with van der Waals surface area (Å²) in [5.41, 5.74) is 2.59. The molecule has 1 aliphatic carbocycles. The van der Waals surface area contributed by atoms with E-state index in [1.54, 1.807) is 36.4 Å². The zero-order valence-electron chi connectivity index (χ0n) is 21.9. The number of sulfonamides is 1. The summed E-state index contributed by atoms with van der Waals surface area (Å²) < 4.78 is 31.9. The fraction of sp³-hybridized carbons (Fsp3) is 0.250. The van der Waals surface area contributed by atoms with Crippen LogP contribution in [-0.2, 0) is 26.0 Å². The Hall–Kier alpha value is -3.97. The average Bonchev–Trinajstić information content (AvgIpc) is 2.95. The number of fused-ring (bicyclic) bond motifs is 1. The number of carbonyl (C=O) groups excluding carboxylic acids is 1. The first-order chi connectivity index (χ1) is 18.9. The minimum Gasteiger partial charge on any atom is -0.457 e. The van der Waals surface area contributed by atoms with E-state index in [0.29, 0.717) is 5.56 Å². The Balaban J connectivity index is 1.38. The number of hydrazone groups is 1. The lowest BCUT2D eigenvalue weighted by Crippen LogP contribution is -2.35. The molecule has 1 N–H and O–H groups in total. The van der Waals surface area contributed by atoms with Crippen LogP contribution in [0.3, 0.4) is 0 Å². The van der Waals surface area contributed by atoms with Crippen molar-refractivity contribution in [1.29, 1.82) is 0 Å². The minimum atomic E-state index is -3.96. The number of carbonyl (C=O) groups is 1. The molecule has 0 unspecified atom stereocenters. The van der Waals surface area contributed by atoms with Crippen LogP contribution in [0, 0.1) is 12.8 Å². The van der Waals surface area contributed by atoms with Gasteiger partial charge in [0.2, 0.25) is 0 Å². The molecular weight excluding hydrogens is 508 g/mol. The van der Waals surface area contributed by atoms with Crippen molar-refractivity contribution in [1.82, 2.24) is 4.83 Å². The average molecular weight is 541 g/mol. The van der Waals surface area contributed by atoms with Crippen molar-refractivity contribution >= 4 is 32.5 Å². The predicted molar refractivity (Wildman–Crippen MR) is 154 cm³/mol. The van der Waals surface area contributed by atoms with Gasteiger partial charge in [-0.05, 0) is 61.1 Å². The Labute approximate surface area is 229 Å². The van der Waals surface area contributed by atoms with Gasteiger partial charge in [-0.2, -0.15) is 18.4 Å². The summed E-state index contributed by atoms with van der Waals surface area (Å²) in [6, 6.07) is 29.9. The number of nitrogens with zero attached hydrogens (tertiary/aromatic N) is 1. The lowest BCUT2D eigenvalue weighted by atomic mass is 9.81. The summed E-state index contributed by atoms with van der Waals surface area (Å²) in [6.07, 6.45) is 4.29. The quantitative estimate of drug-likeness (QED) is 0.164. The monoisotopic (exact) mass is 540 g/mol. The highest BCUT2D eigenvalue weighted by Crippen LogP contribution is 2.32. The summed E-state index contributed by atoms with van der Waals surface area (Å²) in [5, 5.41) is 6.49. The Morgan fingerprint density at radius 2 is 1.56 bits per heavy atom. The summed E-state index contributed by atoms with van der Waals surface area (Å²) in [4.78, 5) is 15.8. The molecule has 0 heterocycles. The van der Waals surface area contributed by atoms with Crippen LogP contribution in [0.25, 0.3) is 10.8 Å². The molecule has 4 aromatic carbocycles. The molecule has 1 saturated carbocycles. The van der Waals surface area contributed by atoms with Crippen molar-refractivity contribution in [3.63, 3.8) is 0 Å². The Kier molecular flexibility index (Phi) is 8.07. The molecule has 0 aromatic heterocycles. The molecule has 2 atom stereocenters. The number of hydrogen-bond acceptors (Lipinski definition) is 5. The van der Waals surface area contributed by atoms with E-state index in [9.17, 15) is 13.2 Å². The molecule has 1 fully saturated rings.